The van der Waals surface area contributed by atoms with Crippen molar-refractivity contribution in [3.05, 3.63) is 0 Å². The van der Waals surface area contributed by atoms with Gasteiger partial charge in [0.25, 0.3) is 0 Å². The highest BCUT2D eigenvalue weighted by Gasteiger charge is 2.25. The quantitative estimate of drug-likeness (QED) is 0.774. The molecule has 130 valence electrons. The molecule has 4 amide bonds. The number of nitrogens with one attached hydrogen (secondary N) is 2. The largest absolute Gasteiger partial charge is 0.341 e. The molecule has 1 saturated carbocycles. The van der Waals surface area contributed by atoms with E-state index in [4.69, 9.17) is 0 Å². The molecule has 23 heavy (non-hydrogen) atoms. The lowest BCUT2D eigenvalue weighted by Crippen LogP contribution is -2.49. The van der Waals surface area contributed by atoms with Crippen LogP contribution in [-0.4, -0.2) is 67.4 Å². The first-order valence-electron chi connectivity index (χ1n) is 8.60. The lowest BCUT2D eigenvalue weighted by Gasteiger charge is -2.35. The van der Waals surface area contributed by atoms with Crippen LogP contribution in [0.1, 0.15) is 38.5 Å². The van der Waals surface area contributed by atoms with E-state index in [-0.39, 0.29) is 11.8 Å². The van der Waals surface area contributed by atoms with Gasteiger partial charge in [0.05, 0.1) is 0 Å². The number of hydrogen-bond acceptors (Lipinski definition) is 4. The third kappa shape index (κ3) is 5.82. The molecule has 2 fully saturated rings. The second kappa shape index (κ2) is 8.86. The lowest BCUT2D eigenvalue weighted by atomic mass is 10.0. The maximum absolute atomic E-state index is 12.3. The summed E-state index contributed by atoms with van der Waals surface area (Å²) in [6.07, 6.45) is 5.93. The fourth-order valence-corrected chi connectivity index (χ4v) is 3.32. The predicted molar refractivity (Wildman–Crippen MR) is 86.8 cm³/mol. The molecule has 0 aromatic heterocycles. The number of piperazine rings is 1. The van der Waals surface area contributed by atoms with Gasteiger partial charge in [0.2, 0.25) is 11.8 Å². The summed E-state index contributed by atoms with van der Waals surface area (Å²) in [6.45, 7) is 3.69. The molecule has 0 spiro atoms. The second-order valence-electron chi connectivity index (χ2n) is 6.45. The van der Waals surface area contributed by atoms with Crippen molar-refractivity contribution in [2.24, 2.45) is 5.92 Å². The molecule has 1 aliphatic carbocycles. The normalized spacial score (nSPS) is 19.6. The number of rotatable bonds is 5. The van der Waals surface area contributed by atoms with Crippen LogP contribution in [0.2, 0.25) is 0 Å². The zero-order valence-corrected chi connectivity index (χ0v) is 14.0. The van der Waals surface area contributed by atoms with Gasteiger partial charge < -0.3 is 10.2 Å². The van der Waals surface area contributed by atoms with E-state index in [9.17, 15) is 14.4 Å². The molecule has 7 heteroatoms. The van der Waals surface area contributed by atoms with Crippen molar-refractivity contribution >= 4 is 17.8 Å². The summed E-state index contributed by atoms with van der Waals surface area (Å²) in [4.78, 5) is 39.0. The maximum Gasteiger partial charge on any atom is 0.321 e. The van der Waals surface area contributed by atoms with Crippen molar-refractivity contribution in [2.75, 3.05) is 39.8 Å². The Bertz CT molecular complexity index is 427. The highest BCUT2D eigenvalue weighted by atomic mass is 16.2. The molecule has 2 rings (SSSR count). The number of carbonyl (C=O) groups is 3. The van der Waals surface area contributed by atoms with Crippen LogP contribution in [0.25, 0.3) is 0 Å². The van der Waals surface area contributed by atoms with E-state index in [0.717, 1.165) is 26.2 Å². The Morgan fingerprint density at radius 1 is 1.04 bits per heavy atom. The third-order valence-corrected chi connectivity index (χ3v) is 4.80. The molecule has 1 heterocycles. The van der Waals surface area contributed by atoms with Crippen molar-refractivity contribution in [1.29, 1.82) is 0 Å². The van der Waals surface area contributed by atoms with E-state index >= 15 is 0 Å². The fourth-order valence-electron chi connectivity index (χ4n) is 3.32. The molecule has 1 aliphatic heterocycles. The van der Waals surface area contributed by atoms with Gasteiger partial charge in [-0.3, -0.25) is 19.8 Å². The Balaban J connectivity index is 1.62. The zero-order valence-electron chi connectivity index (χ0n) is 14.0. The van der Waals surface area contributed by atoms with Crippen molar-refractivity contribution in [1.82, 2.24) is 20.4 Å². The van der Waals surface area contributed by atoms with E-state index in [2.05, 4.69) is 15.5 Å². The average Bonchev–Trinajstić information content (AvgIpc) is 3.06. The minimum absolute atomic E-state index is 0.274. The first kappa shape index (κ1) is 17.7. The van der Waals surface area contributed by atoms with Crippen molar-refractivity contribution < 1.29 is 14.4 Å². The minimum atomic E-state index is -0.475. The monoisotopic (exact) mass is 324 g/mol. The Hall–Kier alpha value is -1.63. The first-order chi connectivity index (χ1) is 11.1. The van der Waals surface area contributed by atoms with E-state index in [1.165, 1.54) is 32.7 Å². The number of amides is 4. The molecule has 2 N–H and O–H groups in total. The van der Waals surface area contributed by atoms with Gasteiger partial charge in [0.15, 0.2) is 0 Å². The van der Waals surface area contributed by atoms with Crippen LogP contribution in [0.4, 0.5) is 4.79 Å². The summed E-state index contributed by atoms with van der Waals surface area (Å²) >= 11 is 0. The number of imide groups is 1. The predicted octanol–water partition coefficient (Wildman–Crippen LogP) is 0.557. The highest BCUT2D eigenvalue weighted by Crippen LogP contribution is 2.28. The van der Waals surface area contributed by atoms with Gasteiger partial charge in [-0.1, -0.05) is 12.8 Å². The molecule has 0 bridgehead atoms. The number of carbonyl (C=O) groups excluding carboxylic acids is 3. The smallest absolute Gasteiger partial charge is 0.321 e. The highest BCUT2D eigenvalue weighted by molar-refractivity contribution is 5.94. The Kier molecular flexibility index (Phi) is 6.83. The van der Waals surface area contributed by atoms with Crippen molar-refractivity contribution in [3.63, 3.8) is 0 Å². The van der Waals surface area contributed by atoms with Crippen LogP contribution in [0.15, 0.2) is 0 Å². The van der Waals surface area contributed by atoms with Gasteiger partial charge >= 0.3 is 6.03 Å². The van der Waals surface area contributed by atoms with Crippen LogP contribution < -0.4 is 10.6 Å². The van der Waals surface area contributed by atoms with Gasteiger partial charge in [-0.2, -0.15) is 0 Å². The van der Waals surface area contributed by atoms with Gasteiger partial charge in [0.1, 0.15) is 0 Å². The van der Waals surface area contributed by atoms with Crippen LogP contribution >= 0.6 is 0 Å². The molecule has 2 aliphatic rings. The Morgan fingerprint density at radius 3 is 2.30 bits per heavy atom. The minimum Gasteiger partial charge on any atom is -0.341 e. The van der Waals surface area contributed by atoms with Crippen LogP contribution in [0.3, 0.4) is 0 Å². The molecular weight excluding hydrogens is 296 g/mol. The average molecular weight is 324 g/mol. The SMILES string of the molecule is CNC(=O)NC(=O)CCN1CCN(C(=O)CC2CCCC2)CC1. The summed E-state index contributed by atoms with van der Waals surface area (Å²) in [5.74, 6) is 0.604. The molecule has 0 radical (unpaired) electrons. The fraction of sp³-hybridized carbons (Fsp3) is 0.812. The van der Waals surface area contributed by atoms with E-state index < -0.39 is 6.03 Å². The molecule has 0 unspecified atom stereocenters. The van der Waals surface area contributed by atoms with Gasteiger partial charge in [-0.15, -0.1) is 0 Å². The topological polar surface area (TPSA) is 81.8 Å². The molecule has 1 saturated heterocycles. The van der Waals surface area contributed by atoms with E-state index in [1.54, 1.807) is 0 Å². The Morgan fingerprint density at radius 2 is 1.70 bits per heavy atom. The zero-order chi connectivity index (χ0) is 16.7. The van der Waals surface area contributed by atoms with E-state index in [1.807, 2.05) is 4.90 Å². The third-order valence-electron chi connectivity index (χ3n) is 4.80. The van der Waals surface area contributed by atoms with Crippen LogP contribution in [0, 0.1) is 5.92 Å². The second-order valence-corrected chi connectivity index (χ2v) is 6.45. The van der Waals surface area contributed by atoms with Crippen LogP contribution in [0.5, 0.6) is 0 Å². The number of nitrogens with zero attached hydrogens (tertiary/aromatic N) is 2. The van der Waals surface area contributed by atoms with Crippen molar-refractivity contribution in [2.45, 2.75) is 38.5 Å². The number of urea groups is 1. The van der Waals surface area contributed by atoms with E-state index in [0.29, 0.717) is 25.3 Å². The first-order valence-corrected chi connectivity index (χ1v) is 8.60. The van der Waals surface area contributed by atoms with Crippen molar-refractivity contribution in [3.8, 4) is 0 Å². The summed E-state index contributed by atoms with van der Waals surface area (Å²) in [6, 6.07) is -0.475. The van der Waals surface area contributed by atoms with Gasteiger partial charge in [-0.25, -0.2) is 4.79 Å². The summed E-state index contributed by atoms with van der Waals surface area (Å²) in [5.41, 5.74) is 0. The van der Waals surface area contributed by atoms with Crippen LogP contribution in [-0.2, 0) is 9.59 Å². The maximum atomic E-state index is 12.3. The molecule has 0 atom stereocenters. The standard InChI is InChI=1S/C16H28N4O3/c1-17-16(23)18-14(21)6-7-19-8-10-20(11-9-19)15(22)12-13-4-2-3-5-13/h13H,2-12H2,1H3,(H2,17,18,21,23). The summed E-state index contributed by atoms with van der Waals surface area (Å²) < 4.78 is 0. The summed E-state index contributed by atoms with van der Waals surface area (Å²) in [5, 5.41) is 4.61. The molecular formula is C16H28N4O3. The molecule has 0 aromatic carbocycles. The van der Waals surface area contributed by atoms with Gasteiger partial charge in [-0.05, 0) is 18.8 Å². The molecule has 0 aromatic rings. The van der Waals surface area contributed by atoms with Gasteiger partial charge in [0, 0.05) is 52.6 Å². The lowest BCUT2D eigenvalue weighted by molar-refractivity contribution is -0.134. The summed E-state index contributed by atoms with van der Waals surface area (Å²) in [7, 11) is 1.48. The number of hydrogen-bond donors (Lipinski definition) is 2. The Labute approximate surface area is 137 Å². The molecule has 7 nitrogen and oxygen atoms in total.